The number of morpholine rings is 1. The van der Waals surface area contributed by atoms with Crippen molar-refractivity contribution in [2.24, 2.45) is 0 Å². The van der Waals surface area contributed by atoms with Gasteiger partial charge in [0.25, 0.3) is 0 Å². The van der Waals surface area contributed by atoms with Crippen molar-refractivity contribution in [1.29, 1.82) is 0 Å². The Morgan fingerprint density at radius 2 is 2.21 bits per heavy atom. The molecule has 0 spiro atoms. The average molecular weight is 199 g/mol. The SMILES string of the molecule is CC(=O)CC(C)N1CC(C)OCC1C. The van der Waals surface area contributed by atoms with Gasteiger partial charge in [-0.2, -0.15) is 0 Å². The van der Waals surface area contributed by atoms with Crippen molar-refractivity contribution in [1.82, 2.24) is 4.90 Å². The first-order chi connectivity index (χ1) is 6.50. The Kier molecular flexibility index (Phi) is 4.08. The van der Waals surface area contributed by atoms with Gasteiger partial charge in [0.15, 0.2) is 0 Å². The van der Waals surface area contributed by atoms with E-state index in [1.54, 1.807) is 6.92 Å². The molecule has 3 nitrogen and oxygen atoms in total. The van der Waals surface area contributed by atoms with Gasteiger partial charge in [0.1, 0.15) is 5.78 Å². The van der Waals surface area contributed by atoms with E-state index in [9.17, 15) is 4.79 Å². The minimum atomic E-state index is 0.267. The largest absolute Gasteiger partial charge is 0.376 e. The van der Waals surface area contributed by atoms with Gasteiger partial charge in [-0.15, -0.1) is 0 Å². The van der Waals surface area contributed by atoms with Gasteiger partial charge in [-0.1, -0.05) is 0 Å². The first-order valence-electron chi connectivity index (χ1n) is 5.37. The van der Waals surface area contributed by atoms with Crippen LogP contribution in [0.4, 0.5) is 0 Å². The molecule has 1 rings (SSSR count). The van der Waals surface area contributed by atoms with Crippen molar-refractivity contribution >= 4 is 5.78 Å². The number of rotatable bonds is 3. The summed E-state index contributed by atoms with van der Waals surface area (Å²) in [5, 5.41) is 0. The van der Waals surface area contributed by atoms with Crippen LogP contribution in [0.25, 0.3) is 0 Å². The highest BCUT2D eigenvalue weighted by Crippen LogP contribution is 2.16. The van der Waals surface area contributed by atoms with E-state index in [4.69, 9.17) is 4.74 Å². The summed E-state index contributed by atoms with van der Waals surface area (Å²) in [6, 6.07) is 0.773. The van der Waals surface area contributed by atoms with E-state index in [-0.39, 0.29) is 5.78 Å². The Labute approximate surface area is 86.4 Å². The average Bonchev–Trinajstić information content (AvgIpc) is 2.08. The second-order valence-corrected chi connectivity index (χ2v) is 4.44. The fourth-order valence-corrected chi connectivity index (χ4v) is 2.08. The molecule has 1 fully saturated rings. The lowest BCUT2D eigenvalue weighted by Crippen LogP contribution is -2.51. The van der Waals surface area contributed by atoms with Gasteiger partial charge in [0, 0.05) is 25.0 Å². The zero-order valence-corrected chi connectivity index (χ0v) is 9.62. The highest BCUT2D eigenvalue weighted by molar-refractivity contribution is 5.76. The topological polar surface area (TPSA) is 29.5 Å². The van der Waals surface area contributed by atoms with E-state index >= 15 is 0 Å². The van der Waals surface area contributed by atoms with E-state index in [1.165, 1.54) is 0 Å². The Morgan fingerprint density at radius 1 is 1.57 bits per heavy atom. The molecule has 0 aromatic heterocycles. The summed E-state index contributed by atoms with van der Waals surface area (Å²) < 4.78 is 5.55. The monoisotopic (exact) mass is 199 g/mol. The van der Waals surface area contributed by atoms with Crippen LogP contribution in [0.2, 0.25) is 0 Å². The van der Waals surface area contributed by atoms with Gasteiger partial charge in [-0.25, -0.2) is 0 Å². The lowest BCUT2D eigenvalue weighted by molar-refractivity contribution is -0.120. The van der Waals surface area contributed by atoms with Gasteiger partial charge in [0.2, 0.25) is 0 Å². The van der Waals surface area contributed by atoms with Crippen LogP contribution in [0.5, 0.6) is 0 Å². The first kappa shape index (κ1) is 11.7. The normalized spacial score (nSPS) is 31.4. The summed E-state index contributed by atoms with van der Waals surface area (Å²) >= 11 is 0. The van der Waals surface area contributed by atoms with E-state index < -0.39 is 0 Å². The van der Waals surface area contributed by atoms with Crippen molar-refractivity contribution in [2.75, 3.05) is 13.2 Å². The van der Waals surface area contributed by atoms with Crippen LogP contribution in [0.15, 0.2) is 0 Å². The fourth-order valence-electron chi connectivity index (χ4n) is 2.08. The van der Waals surface area contributed by atoms with E-state index in [0.29, 0.717) is 24.6 Å². The first-order valence-corrected chi connectivity index (χ1v) is 5.37. The Bertz CT molecular complexity index is 205. The molecule has 0 bridgehead atoms. The summed E-state index contributed by atoms with van der Waals surface area (Å²) in [6.07, 6.45) is 0.942. The van der Waals surface area contributed by atoms with Crippen molar-refractivity contribution < 1.29 is 9.53 Å². The van der Waals surface area contributed by atoms with Crippen LogP contribution in [0, 0.1) is 0 Å². The van der Waals surface area contributed by atoms with Crippen LogP contribution >= 0.6 is 0 Å². The van der Waals surface area contributed by atoms with Gasteiger partial charge < -0.3 is 4.74 Å². The second kappa shape index (κ2) is 4.89. The van der Waals surface area contributed by atoms with E-state index in [1.807, 2.05) is 0 Å². The molecule has 0 amide bonds. The summed E-state index contributed by atoms with van der Waals surface area (Å²) in [4.78, 5) is 13.4. The molecule has 14 heavy (non-hydrogen) atoms. The van der Waals surface area contributed by atoms with E-state index in [0.717, 1.165) is 13.2 Å². The van der Waals surface area contributed by atoms with Gasteiger partial charge in [0.05, 0.1) is 12.7 Å². The van der Waals surface area contributed by atoms with Crippen molar-refractivity contribution in [3.8, 4) is 0 Å². The highest BCUT2D eigenvalue weighted by atomic mass is 16.5. The molecule has 1 aliphatic heterocycles. The number of carbonyl (C=O) groups is 1. The number of hydrogen-bond donors (Lipinski definition) is 0. The van der Waals surface area contributed by atoms with Crippen LogP contribution in [0.3, 0.4) is 0 Å². The molecule has 1 saturated heterocycles. The molecule has 82 valence electrons. The molecule has 1 heterocycles. The van der Waals surface area contributed by atoms with E-state index in [2.05, 4.69) is 25.7 Å². The van der Waals surface area contributed by atoms with Crippen LogP contribution in [-0.4, -0.2) is 42.0 Å². The summed E-state index contributed by atoms with van der Waals surface area (Å²) in [7, 11) is 0. The maximum absolute atomic E-state index is 11.0. The van der Waals surface area contributed by atoms with Crippen molar-refractivity contribution in [2.45, 2.75) is 52.3 Å². The maximum Gasteiger partial charge on any atom is 0.131 e. The summed E-state index contributed by atoms with van der Waals surface area (Å²) in [5.41, 5.74) is 0. The molecule has 0 aromatic carbocycles. The standard InChI is InChI=1S/C11H21NO2/c1-8(5-10(3)13)12-6-11(4)14-7-9(12)2/h8-9,11H,5-7H2,1-4H3. The Hall–Kier alpha value is -0.410. The highest BCUT2D eigenvalue weighted by Gasteiger charge is 2.27. The van der Waals surface area contributed by atoms with Gasteiger partial charge in [-0.05, 0) is 27.7 Å². The lowest BCUT2D eigenvalue weighted by Gasteiger charge is -2.40. The van der Waals surface area contributed by atoms with Crippen LogP contribution in [0.1, 0.15) is 34.1 Å². The van der Waals surface area contributed by atoms with Crippen molar-refractivity contribution in [3.63, 3.8) is 0 Å². The lowest BCUT2D eigenvalue weighted by atomic mass is 10.1. The molecular weight excluding hydrogens is 178 g/mol. The third-order valence-corrected chi connectivity index (χ3v) is 2.81. The van der Waals surface area contributed by atoms with Crippen molar-refractivity contribution in [3.05, 3.63) is 0 Å². The maximum atomic E-state index is 11.0. The molecule has 0 aromatic rings. The number of ether oxygens (including phenoxy) is 1. The summed E-state index contributed by atoms with van der Waals surface area (Å²) in [6.45, 7) is 9.74. The number of Topliss-reactive ketones (excluding diaryl/α,β-unsaturated/α-hetero) is 1. The molecule has 0 radical (unpaired) electrons. The molecule has 1 aliphatic rings. The minimum Gasteiger partial charge on any atom is -0.376 e. The number of hydrogen-bond acceptors (Lipinski definition) is 3. The zero-order chi connectivity index (χ0) is 10.7. The number of ketones is 1. The quantitative estimate of drug-likeness (QED) is 0.689. The molecule has 3 atom stereocenters. The molecule has 0 saturated carbocycles. The second-order valence-electron chi connectivity index (χ2n) is 4.44. The fraction of sp³-hybridized carbons (Fsp3) is 0.909. The van der Waals surface area contributed by atoms with Gasteiger partial charge >= 0.3 is 0 Å². The van der Waals surface area contributed by atoms with Gasteiger partial charge in [-0.3, -0.25) is 9.69 Å². The predicted octanol–water partition coefficient (Wildman–Crippen LogP) is 1.46. The Balaban J connectivity index is 2.51. The third kappa shape index (κ3) is 3.07. The van der Waals surface area contributed by atoms with Crippen LogP contribution in [-0.2, 0) is 9.53 Å². The molecule has 3 unspecified atom stereocenters. The predicted molar refractivity (Wildman–Crippen MR) is 56.3 cm³/mol. The minimum absolute atomic E-state index is 0.267. The smallest absolute Gasteiger partial charge is 0.131 e. The Morgan fingerprint density at radius 3 is 2.79 bits per heavy atom. The molecule has 0 aliphatic carbocycles. The number of nitrogens with zero attached hydrogens (tertiary/aromatic N) is 1. The summed E-state index contributed by atoms with van der Waals surface area (Å²) in [5.74, 6) is 0.267. The number of carbonyl (C=O) groups excluding carboxylic acids is 1. The molecule has 3 heteroatoms. The van der Waals surface area contributed by atoms with Crippen LogP contribution < -0.4 is 0 Å². The molecule has 0 N–H and O–H groups in total. The molecular formula is C11H21NO2. The third-order valence-electron chi connectivity index (χ3n) is 2.81. The zero-order valence-electron chi connectivity index (χ0n) is 9.62.